The first kappa shape index (κ1) is 21.9. The number of benzene rings is 1. The Labute approximate surface area is 141 Å². The minimum absolute atomic E-state index is 0.161. The molecule has 134 valence electrons. The predicted molar refractivity (Wildman–Crippen MR) is 97.1 cm³/mol. The van der Waals surface area contributed by atoms with Crippen molar-refractivity contribution in [2.24, 2.45) is 0 Å². The molecule has 0 amide bonds. The lowest BCUT2D eigenvalue weighted by Gasteiger charge is -2.30. The third-order valence-electron chi connectivity index (χ3n) is 3.56. The summed E-state index contributed by atoms with van der Waals surface area (Å²) in [5.41, 5.74) is 6.89. The largest absolute Gasteiger partial charge is 0.399 e. The molecule has 1 heterocycles. The van der Waals surface area contributed by atoms with Gasteiger partial charge in [0, 0.05) is 25.9 Å². The average molecular weight is 345 g/mol. The summed E-state index contributed by atoms with van der Waals surface area (Å²) in [6.45, 7) is 10.8. The molecular formula is C17H32N2O3S. The van der Waals surface area contributed by atoms with Gasteiger partial charge in [0.05, 0.1) is 11.0 Å². The monoisotopic (exact) mass is 344 g/mol. The van der Waals surface area contributed by atoms with E-state index in [1.807, 2.05) is 27.7 Å². The van der Waals surface area contributed by atoms with Gasteiger partial charge in [-0.05, 0) is 37.5 Å². The summed E-state index contributed by atoms with van der Waals surface area (Å²) >= 11 is 0. The minimum atomic E-state index is -3.45. The van der Waals surface area contributed by atoms with Crippen molar-refractivity contribution in [3.05, 3.63) is 23.8 Å². The van der Waals surface area contributed by atoms with Gasteiger partial charge in [-0.2, -0.15) is 4.31 Å². The Morgan fingerprint density at radius 1 is 1.13 bits per heavy atom. The van der Waals surface area contributed by atoms with Gasteiger partial charge in [0.1, 0.15) is 0 Å². The Bertz CT molecular complexity index is 551. The van der Waals surface area contributed by atoms with Crippen molar-refractivity contribution < 1.29 is 13.2 Å². The standard InChI is InChI=1S/C13H20N2O3S.2C2H6/c1-10-3-4-11(14)9-13(10)19(16,17)15-7-5-12(18-2)6-8-15;2*1-2/h3-4,9,12H,5-8,14H2,1-2H3;2*1-2H3. The van der Waals surface area contributed by atoms with Crippen LogP contribution in [0.3, 0.4) is 0 Å². The SMILES string of the molecule is CC.CC.COC1CCN(S(=O)(=O)c2cc(N)ccc2C)CC1. The lowest BCUT2D eigenvalue weighted by atomic mass is 10.1. The number of methoxy groups -OCH3 is 1. The summed E-state index contributed by atoms with van der Waals surface area (Å²) < 4.78 is 31.9. The van der Waals surface area contributed by atoms with E-state index < -0.39 is 10.0 Å². The van der Waals surface area contributed by atoms with E-state index in [2.05, 4.69) is 0 Å². The zero-order chi connectivity index (χ0) is 18.0. The third-order valence-corrected chi connectivity index (χ3v) is 5.60. The molecule has 0 saturated carbocycles. The summed E-state index contributed by atoms with van der Waals surface area (Å²) in [4.78, 5) is 0.309. The van der Waals surface area contributed by atoms with Gasteiger partial charge in [-0.1, -0.05) is 33.8 Å². The number of ether oxygens (including phenoxy) is 1. The highest BCUT2D eigenvalue weighted by Gasteiger charge is 2.30. The number of hydrogen-bond acceptors (Lipinski definition) is 4. The molecule has 1 aromatic rings. The Hall–Kier alpha value is -1.11. The van der Waals surface area contributed by atoms with Crippen molar-refractivity contribution >= 4 is 15.7 Å². The Balaban J connectivity index is 0.00000112. The molecule has 0 atom stereocenters. The lowest BCUT2D eigenvalue weighted by Crippen LogP contribution is -2.40. The summed E-state index contributed by atoms with van der Waals surface area (Å²) in [6.07, 6.45) is 1.63. The molecule has 1 fully saturated rings. The van der Waals surface area contributed by atoms with E-state index in [1.54, 1.807) is 26.2 Å². The van der Waals surface area contributed by atoms with Crippen molar-refractivity contribution in [2.45, 2.75) is 58.5 Å². The van der Waals surface area contributed by atoms with Crippen LogP contribution in [0.4, 0.5) is 5.69 Å². The number of sulfonamides is 1. The molecule has 1 aliphatic heterocycles. The van der Waals surface area contributed by atoms with Gasteiger partial charge in [-0.25, -0.2) is 8.42 Å². The van der Waals surface area contributed by atoms with E-state index in [0.29, 0.717) is 23.7 Å². The smallest absolute Gasteiger partial charge is 0.243 e. The second kappa shape index (κ2) is 10.6. The number of nitrogen functional groups attached to an aromatic ring is 1. The number of aryl methyl sites for hydroxylation is 1. The molecule has 1 aliphatic rings. The Kier molecular flexibility index (Phi) is 10.1. The third kappa shape index (κ3) is 5.79. The molecule has 0 bridgehead atoms. The van der Waals surface area contributed by atoms with Gasteiger partial charge in [0.25, 0.3) is 0 Å². The lowest BCUT2D eigenvalue weighted by molar-refractivity contribution is 0.0604. The average Bonchev–Trinajstić information content (AvgIpc) is 2.60. The quantitative estimate of drug-likeness (QED) is 0.853. The van der Waals surface area contributed by atoms with Crippen molar-refractivity contribution in [1.82, 2.24) is 4.31 Å². The van der Waals surface area contributed by atoms with E-state index >= 15 is 0 Å². The van der Waals surface area contributed by atoms with Crippen LogP contribution >= 0.6 is 0 Å². The van der Waals surface area contributed by atoms with Gasteiger partial charge in [0.2, 0.25) is 10.0 Å². The van der Waals surface area contributed by atoms with Gasteiger partial charge in [0.15, 0.2) is 0 Å². The molecular weight excluding hydrogens is 312 g/mol. The van der Waals surface area contributed by atoms with Crippen LogP contribution in [0.1, 0.15) is 46.1 Å². The first-order valence-electron chi connectivity index (χ1n) is 8.34. The maximum Gasteiger partial charge on any atom is 0.243 e. The second-order valence-corrected chi connectivity index (χ2v) is 6.77. The van der Waals surface area contributed by atoms with Crippen molar-refractivity contribution in [1.29, 1.82) is 0 Å². The van der Waals surface area contributed by atoms with Gasteiger partial charge in [-0.15, -0.1) is 0 Å². The van der Waals surface area contributed by atoms with E-state index in [-0.39, 0.29) is 6.10 Å². The minimum Gasteiger partial charge on any atom is -0.399 e. The van der Waals surface area contributed by atoms with E-state index in [9.17, 15) is 8.42 Å². The van der Waals surface area contributed by atoms with Gasteiger partial charge >= 0.3 is 0 Å². The zero-order valence-corrected chi connectivity index (χ0v) is 16.1. The predicted octanol–water partition coefficient (Wildman–Crippen LogP) is 3.43. The van der Waals surface area contributed by atoms with Crippen molar-refractivity contribution in [2.75, 3.05) is 25.9 Å². The molecule has 0 unspecified atom stereocenters. The first-order valence-corrected chi connectivity index (χ1v) is 9.78. The van der Waals surface area contributed by atoms with Crippen LogP contribution in [0.25, 0.3) is 0 Å². The van der Waals surface area contributed by atoms with E-state index in [1.165, 1.54) is 10.4 Å². The molecule has 2 N–H and O–H groups in total. The van der Waals surface area contributed by atoms with E-state index in [0.717, 1.165) is 18.4 Å². The molecule has 2 rings (SSSR count). The molecule has 0 spiro atoms. The van der Waals surface area contributed by atoms with Crippen LogP contribution in [-0.4, -0.2) is 39.0 Å². The van der Waals surface area contributed by atoms with Crippen LogP contribution in [0.5, 0.6) is 0 Å². The zero-order valence-electron chi connectivity index (χ0n) is 15.3. The number of rotatable bonds is 3. The van der Waals surface area contributed by atoms with E-state index in [4.69, 9.17) is 10.5 Å². The van der Waals surface area contributed by atoms with Crippen LogP contribution < -0.4 is 5.73 Å². The Morgan fingerprint density at radius 3 is 2.13 bits per heavy atom. The fourth-order valence-corrected chi connectivity index (χ4v) is 4.07. The van der Waals surface area contributed by atoms with Crippen LogP contribution in [0.2, 0.25) is 0 Å². The Morgan fingerprint density at radius 2 is 1.65 bits per heavy atom. The van der Waals surface area contributed by atoms with Crippen molar-refractivity contribution in [3.8, 4) is 0 Å². The summed E-state index contributed by atoms with van der Waals surface area (Å²) in [5.74, 6) is 0. The normalized spacial score (nSPS) is 15.9. The molecule has 1 aromatic carbocycles. The fourth-order valence-electron chi connectivity index (χ4n) is 2.34. The molecule has 1 saturated heterocycles. The van der Waals surface area contributed by atoms with Crippen molar-refractivity contribution in [3.63, 3.8) is 0 Å². The fraction of sp³-hybridized carbons (Fsp3) is 0.647. The molecule has 0 aliphatic carbocycles. The number of nitrogens with two attached hydrogens (primary N) is 1. The highest BCUT2D eigenvalue weighted by Crippen LogP contribution is 2.25. The molecule has 6 heteroatoms. The maximum atomic E-state index is 12.6. The molecule has 23 heavy (non-hydrogen) atoms. The summed E-state index contributed by atoms with van der Waals surface area (Å²) in [6, 6.07) is 4.99. The number of anilines is 1. The number of hydrogen-bond donors (Lipinski definition) is 1. The van der Waals surface area contributed by atoms with Gasteiger partial charge < -0.3 is 10.5 Å². The van der Waals surface area contributed by atoms with Gasteiger partial charge in [-0.3, -0.25) is 0 Å². The maximum absolute atomic E-state index is 12.6. The van der Waals surface area contributed by atoms with Crippen LogP contribution in [0.15, 0.2) is 23.1 Å². The molecule has 0 aromatic heterocycles. The topological polar surface area (TPSA) is 72.6 Å². The molecule has 5 nitrogen and oxygen atoms in total. The molecule has 0 radical (unpaired) electrons. The second-order valence-electron chi connectivity index (χ2n) is 4.86. The number of piperidine rings is 1. The van der Waals surface area contributed by atoms with Crippen LogP contribution in [0, 0.1) is 6.92 Å². The number of nitrogens with zero attached hydrogens (tertiary/aromatic N) is 1. The highest BCUT2D eigenvalue weighted by molar-refractivity contribution is 7.89. The van der Waals surface area contributed by atoms with Crippen LogP contribution in [-0.2, 0) is 14.8 Å². The summed E-state index contributed by atoms with van der Waals surface area (Å²) in [7, 11) is -1.79. The summed E-state index contributed by atoms with van der Waals surface area (Å²) in [5, 5.41) is 0. The first-order chi connectivity index (χ1) is 10.9. The highest BCUT2D eigenvalue weighted by atomic mass is 32.2.